The number of anilines is 1. The second-order valence-electron chi connectivity index (χ2n) is 6.20. The van der Waals surface area contributed by atoms with Gasteiger partial charge in [-0.15, -0.1) is 0 Å². The molecule has 19 heavy (non-hydrogen) atoms. The van der Waals surface area contributed by atoms with Crippen LogP contribution in [0.25, 0.3) is 0 Å². The van der Waals surface area contributed by atoms with E-state index in [0.29, 0.717) is 6.04 Å². The summed E-state index contributed by atoms with van der Waals surface area (Å²) in [6.45, 7) is 3.35. The van der Waals surface area contributed by atoms with Gasteiger partial charge in [0.1, 0.15) is 0 Å². The van der Waals surface area contributed by atoms with E-state index in [1.165, 1.54) is 24.1 Å². The van der Waals surface area contributed by atoms with Crippen LogP contribution in [-0.4, -0.2) is 31.9 Å². The van der Waals surface area contributed by atoms with Gasteiger partial charge in [-0.25, -0.2) is 0 Å². The molecule has 0 bridgehead atoms. The van der Waals surface area contributed by atoms with Gasteiger partial charge in [-0.3, -0.25) is 0 Å². The summed E-state index contributed by atoms with van der Waals surface area (Å²) in [5, 5.41) is 13.2. The van der Waals surface area contributed by atoms with Crippen LogP contribution in [0.1, 0.15) is 31.7 Å². The number of aliphatic hydroxyl groups excluding tert-OH is 1. The molecule has 0 spiro atoms. The van der Waals surface area contributed by atoms with Crippen LogP contribution in [0.3, 0.4) is 0 Å². The van der Waals surface area contributed by atoms with Gasteiger partial charge in [-0.1, -0.05) is 25.5 Å². The fourth-order valence-corrected chi connectivity index (χ4v) is 2.92. The Hall–Kier alpha value is -1.06. The van der Waals surface area contributed by atoms with Crippen LogP contribution in [0.2, 0.25) is 0 Å². The first-order chi connectivity index (χ1) is 9.05. The van der Waals surface area contributed by atoms with E-state index in [4.69, 9.17) is 0 Å². The van der Waals surface area contributed by atoms with Crippen molar-refractivity contribution in [3.05, 3.63) is 29.8 Å². The lowest BCUT2D eigenvalue weighted by Crippen LogP contribution is -2.41. The van der Waals surface area contributed by atoms with E-state index in [-0.39, 0.29) is 12.0 Å². The minimum Gasteiger partial charge on any atom is -0.396 e. The summed E-state index contributed by atoms with van der Waals surface area (Å²) >= 11 is 0. The Bertz CT molecular complexity index is 402. The number of nitrogens with one attached hydrogen (secondary N) is 1. The molecular weight excluding hydrogens is 236 g/mol. The Morgan fingerprint density at radius 3 is 2.58 bits per heavy atom. The molecule has 2 N–H and O–H groups in total. The van der Waals surface area contributed by atoms with Gasteiger partial charge in [-0.05, 0) is 30.5 Å². The predicted octanol–water partition coefficient (Wildman–Crippen LogP) is 2.39. The monoisotopic (exact) mass is 262 g/mol. The largest absolute Gasteiger partial charge is 0.396 e. The maximum Gasteiger partial charge on any atom is 0.0499 e. The Morgan fingerprint density at radius 2 is 2.00 bits per heavy atom. The maximum atomic E-state index is 9.54. The normalized spacial score (nSPS) is 26.6. The number of rotatable bonds is 5. The van der Waals surface area contributed by atoms with Crippen LogP contribution in [0, 0.1) is 5.41 Å². The fourth-order valence-electron chi connectivity index (χ4n) is 2.92. The highest BCUT2D eigenvalue weighted by Gasteiger charge is 2.37. The molecule has 1 aliphatic carbocycles. The van der Waals surface area contributed by atoms with E-state index in [9.17, 15) is 5.11 Å². The van der Waals surface area contributed by atoms with E-state index in [2.05, 4.69) is 55.5 Å². The summed E-state index contributed by atoms with van der Waals surface area (Å²) in [6.07, 6.45) is 3.52. The second kappa shape index (κ2) is 5.93. The van der Waals surface area contributed by atoms with E-state index < -0.39 is 0 Å². The summed E-state index contributed by atoms with van der Waals surface area (Å²) in [5.74, 6) is 0. The minimum atomic E-state index is 0.0591. The van der Waals surface area contributed by atoms with Crippen LogP contribution in [0.5, 0.6) is 0 Å². The molecular formula is C16H26N2O. The molecule has 3 heteroatoms. The number of nitrogens with zero attached hydrogens (tertiary/aromatic N) is 1. The van der Waals surface area contributed by atoms with Gasteiger partial charge >= 0.3 is 0 Å². The summed E-state index contributed by atoms with van der Waals surface area (Å²) in [5.41, 5.74) is 2.59. The van der Waals surface area contributed by atoms with Gasteiger partial charge in [0.15, 0.2) is 0 Å². The molecule has 2 unspecified atom stereocenters. The lowest BCUT2D eigenvalue weighted by molar-refractivity contribution is 0.118. The van der Waals surface area contributed by atoms with Gasteiger partial charge in [-0.2, -0.15) is 0 Å². The van der Waals surface area contributed by atoms with Crippen LogP contribution >= 0.6 is 0 Å². The number of aliphatic hydroxyl groups is 1. The number of hydrogen-bond acceptors (Lipinski definition) is 3. The predicted molar refractivity (Wildman–Crippen MR) is 80.4 cm³/mol. The zero-order valence-corrected chi connectivity index (χ0v) is 12.3. The molecule has 0 amide bonds. The third-order valence-electron chi connectivity index (χ3n) is 4.45. The van der Waals surface area contributed by atoms with Crippen molar-refractivity contribution in [1.29, 1.82) is 0 Å². The molecule has 106 valence electrons. The highest BCUT2D eigenvalue weighted by atomic mass is 16.3. The van der Waals surface area contributed by atoms with Crippen molar-refractivity contribution < 1.29 is 5.11 Å². The van der Waals surface area contributed by atoms with Crippen molar-refractivity contribution in [3.8, 4) is 0 Å². The molecule has 3 nitrogen and oxygen atoms in total. The van der Waals surface area contributed by atoms with Crippen molar-refractivity contribution in [2.24, 2.45) is 5.41 Å². The standard InChI is InChI=1S/C16H26N2O/c1-16(12-19)10-4-5-15(16)17-11-13-6-8-14(9-7-13)18(2)3/h6-9,15,17,19H,4-5,10-12H2,1-3H3. The Kier molecular flexibility index (Phi) is 4.48. The van der Waals surface area contributed by atoms with Gasteiger partial charge in [0.2, 0.25) is 0 Å². The van der Waals surface area contributed by atoms with E-state index in [1.807, 2.05) is 0 Å². The van der Waals surface area contributed by atoms with Gasteiger partial charge in [0.25, 0.3) is 0 Å². The molecule has 1 saturated carbocycles. The van der Waals surface area contributed by atoms with Crippen molar-refractivity contribution in [1.82, 2.24) is 5.32 Å². The van der Waals surface area contributed by atoms with Crippen molar-refractivity contribution >= 4 is 5.69 Å². The SMILES string of the molecule is CN(C)c1ccc(CNC2CCCC2(C)CO)cc1. The Labute approximate surface area is 116 Å². The number of benzene rings is 1. The van der Waals surface area contributed by atoms with Crippen LogP contribution in [0.4, 0.5) is 5.69 Å². The summed E-state index contributed by atoms with van der Waals surface area (Å²) in [4.78, 5) is 2.11. The van der Waals surface area contributed by atoms with Crippen LogP contribution in [0.15, 0.2) is 24.3 Å². The molecule has 0 saturated heterocycles. The highest BCUT2D eigenvalue weighted by molar-refractivity contribution is 5.45. The molecule has 1 aliphatic rings. The van der Waals surface area contributed by atoms with Crippen molar-refractivity contribution in [2.45, 2.75) is 38.8 Å². The van der Waals surface area contributed by atoms with E-state index in [0.717, 1.165) is 13.0 Å². The quantitative estimate of drug-likeness (QED) is 0.855. The smallest absolute Gasteiger partial charge is 0.0499 e. The fraction of sp³-hybridized carbons (Fsp3) is 0.625. The topological polar surface area (TPSA) is 35.5 Å². The van der Waals surface area contributed by atoms with Crippen LogP contribution < -0.4 is 10.2 Å². The van der Waals surface area contributed by atoms with Crippen molar-refractivity contribution in [2.75, 3.05) is 25.6 Å². The third kappa shape index (κ3) is 3.28. The van der Waals surface area contributed by atoms with E-state index in [1.54, 1.807) is 0 Å². The van der Waals surface area contributed by atoms with Crippen LogP contribution in [-0.2, 0) is 6.54 Å². The third-order valence-corrected chi connectivity index (χ3v) is 4.45. The first-order valence-corrected chi connectivity index (χ1v) is 7.16. The lowest BCUT2D eigenvalue weighted by Gasteiger charge is -2.30. The zero-order chi connectivity index (χ0) is 13.9. The molecule has 1 aromatic carbocycles. The zero-order valence-electron chi connectivity index (χ0n) is 12.3. The van der Waals surface area contributed by atoms with Gasteiger partial charge in [0.05, 0.1) is 0 Å². The average Bonchev–Trinajstić information content (AvgIpc) is 2.79. The van der Waals surface area contributed by atoms with Gasteiger partial charge in [0, 0.05) is 44.4 Å². The minimum absolute atomic E-state index is 0.0591. The molecule has 0 aromatic heterocycles. The van der Waals surface area contributed by atoms with Gasteiger partial charge < -0.3 is 15.3 Å². The Balaban J connectivity index is 1.92. The average molecular weight is 262 g/mol. The molecule has 2 rings (SSSR count). The second-order valence-corrected chi connectivity index (χ2v) is 6.20. The summed E-state index contributed by atoms with van der Waals surface area (Å²) in [7, 11) is 4.11. The van der Waals surface area contributed by atoms with Crippen molar-refractivity contribution in [3.63, 3.8) is 0 Å². The maximum absolute atomic E-state index is 9.54. The highest BCUT2D eigenvalue weighted by Crippen LogP contribution is 2.37. The molecule has 1 aromatic rings. The van der Waals surface area contributed by atoms with E-state index >= 15 is 0 Å². The molecule has 1 fully saturated rings. The molecule has 2 atom stereocenters. The molecule has 0 radical (unpaired) electrons. The molecule has 0 heterocycles. The number of hydrogen-bond donors (Lipinski definition) is 2. The Morgan fingerprint density at radius 1 is 1.32 bits per heavy atom. The first-order valence-electron chi connectivity index (χ1n) is 7.16. The first kappa shape index (κ1) is 14.4. The summed E-state index contributed by atoms with van der Waals surface area (Å²) in [6, 6.07) is 9.08. The lowest BCUT2D eigenvalue weighted by atomic mass is 9.86. The summed E-state index contributed by atoms with van der Waals surface area (Å²) < 4.78 is 0. The molecule has 0 aliphatic heterocycles.